The maximum absolute atomic E-state index is 13.5. The smallest absolute Gasteiger partial charge is 0.313 e. The van der Waals surface area contributed by atoms with Crippen molar-refractivity contribution in [3.8, 4) is 11.5 Å². The van der Waals surface area contributed by atoms with E-state index >= 15 is 0 Å². The molecular formula is C30H28ClN3O8S2. The second kappa shape index (κ2) is 13.9. The molecule has 0 radical (unpaired) electrons. The Morgan fingerprint density at radius 1 is 0.955 bits per heavy atom. The molecule has 0 atom stereocenters. The molecule has 0 saturated heterocycles. The minimum absolute atomic E-state index is 0.0741. The van der Waals surface area contributed by atoms with E-state index in [-0.39, 0.29) is 62.0 Å². The third kappa shape index (κ3) is 7.73. The number of aryl methyl sites for hydroxylation is 1. The van der Waals surface area contributed by atoms with Crippen LogP contribution in [0.15, 0.2) is 71.6 Å². The van der Waals surface area contributed by atoms with Crippen molar-refractivity contribution in [1.29, 1.82) is 0 Å². The van der Waals surface area contributed by atoms with Crippen LogP contribution in [0.3, 0.4) is 0 Å². The fraction of sp³-hybridized carbons (Fsp3) is 0.167. The average molecular weight is 658 g/mol. The minimum atomic E-state index is -4.08. The van der Waals surface area contributed by atoms with E-state index in [1.165, 1.54) is 37.3 Å². The van der Waals surface area contributed by atoms with Crippen LogP contribution in [-0.4, -0.2) is 54.5 Å². The summed E-state index contributed by atoms with van der Waals surface area (Å²) in [4.78, 5) is 36.1. The van der Waals surface area contributed by atoms with Crippen molar-refractivity contribution in [1.82, 2.24) is 0 Å². The van der Waals surface area contributed by atoms with Gasteiger partial charge in [-0.05, 0) is 48.9 Å². The van der Waals surface area contributed by atoms with Gasteiger partial charge in [-0.3, -0.25) is 19.1 Å². The number of hydrogen-bond donors (Lipinski definition) is 5. The number of ether oxygens (including phenoxy) is 1. The number of carboxylic acid groups (broad SMARTS) is 1. The molecule has 0 heterocycles. The number of sulfonamides is 1. The quantitative estimate of drug-likeness (QED) is 0.120. The van der Waals surface area contributed by atoms with E-state index in [2.05, 4.69) is 15.4 Å². The normalized spacial score (nSPS) is 11.2. The number of carbonyl (C=O) groups excluding carboxylic acids is 2. The first-order valence-corrected chi connectivity index (χ1v) is 16.1. The van der Waals surface area contributed by atoms with Gasteiger partial charge in [0.25, 0.3) is 15.9 Å². The number of anilines is 3. The number of fused-ring (bicyclic) bond motifs is 1. The zero-order valence-corrected chi connectivity index (χ0v) is 25.9. The Balaban J connectivity index is 1.68. The Labute approximate surface area is 262 Å². The van der Waals surface area contributed by atoms with Gasteiger partial charge in [0, 0.05) is 23.8 Å². The van der Waals surface area contributed by atoms with Gasteiger partial charge in [-0.25, -0.2) is 8.42 Å². The Morgan fingerprint density at radius 2 is 1.68 bits per heavy atom. The van der Waals surface area contributed by atoms with E-state index in [9.17, 15) is 27.9 Å². The molecule has 14 heteroatoms. The Kier molecular flexibility index (Phi) is 10.2. The summed E-state index contributed by atoms with van der Waals surface area (Å²) in [5.74, 6) is -2.11. The lowest BCUT2D eigenvalue weighted by Gasteiger charge is -2.17. The average Bonchev–Trinajstić information content (AvgIpc) is 2.95. The summed E-state index contributed by atoms with van der Waals surface area (Å²) in [7, 11) is -4.08. The molecule has 5 N–H and O–H groups in total. The highest BCUT2D eigenvalue weighted by molar-refractivity contribution is 7.99. The van der Waals surface area contributed by atoms with Crippen molar-refractivity contribution in [3.63, 3.8) is 0 Å². The van der Waals surface area contributed by atoms with E-state index in [1.807, 2.05) is 0 Å². The van der Waals surface area contributed by atoms with Crippen LogP contribution < -0.4 is 20.1 Å². The number of phenolic OH excluding ortho intramolecular Hbond substituents is 1. The highest BCUT2D eigenvalue weighted by Gasteiger charge is 2.23. The lowest BCUT2D eigenvalue weighted by molar-refractivity contribution is -0.133. The number of amides is 2. The van der Waals surface area contributed by atoms with Crippen molar-refractivity contribution < 1.29 is 37.8 Å². The van der Waals surface area contributed by atoms with Gasteiger partial charge in [0.2, 0.25) is 5.91 Å². The Bertz CT molecular complexity index is 1870. The van der Waals surface area contributed by atoms with Crippen LogP contribution in [0, 0.1) is 6.92 Å². The Hall–Kier alpha value is -4.46. The second-order valence-electron chi connectivity index (χ2n) is 9.49. The number of thioether (sulfide) groups is 1. The van der Waals surface area contributed by atoms with Crippen molar-refractivity contribution in [2.75, 3.05) is 33.5 Å². The van der Waals surface area contributed by atoms with Gasteiger partial charge in [0.05, 0.1) is 44.6 Å². The number of nitrogens with one attached hydrogen (secondary N) is 3. The highest BCUT2D eigenvalue weighted by atomic mass is 35.5. The predicted molar refractivity (Wildman–Crippen MR) is 172 cm³/mol. The fourth-order valence-corrected chi connectivity index (χ4v) is 6.09. The van der Waals surface area contributed by atoms with Crippen LogP contribution in [0.1, 0.15) is 22.8 Å². The first-order valence-electron chi connectivity index (χ1n) is 13.1. The summed E-state index contributed by atoms with van der Waals surface area (Å²) in [5, 5.41) is 26.2. The molecule has 44 heavy (non-hydrogen) atoms. The van der Waals surface area contributed by atoms with E-state index in [1.54, 1.807) is 43.3 Å². The molecule has 0 saturated carbocycles. The predicted octanol–water partition coefficient (Wildman–Crippen LogP) is 5.72. The van der Waals surface area contributed by atoms with Gasteiger partial charge in [-0.15, -0.1) is 11.8 Å². The van der Waals surface area contributed by atoms with Crippen molar-refractivity contribution in [2.45, 2.75) is 18.7 Å². The molecule has 0 aromatic heterocycles. The van der Waals surface area contributed by atoms with E-state index in [0.717, 1.165) is 11.8 Å². The third-order valence-corrected chi connectivity index (χ3v) is 8.85. The summed E-state index contributed by atoms with van der Waals surface area (Å²) in [6.07, 6.45) is 0. The summed E-state index contributed by atoms with van der Waals surface area (Å²) < 4.78 is 34.6. The van der Waals surface area contributed by atoms with Gasteiger partial charge in [-0.2, -0.15) is 0 Å². The topological polar surface area (TPSA) is 171 Å². The maximum atomic E-state index is 13.5. The number of rotatable bonds is 12. The monoisotopic (exact) mass is 657 g/mol. The molecule has 0 spiro atoms. The van der Waals surface area contributed by atoms with Gasteiger partial charge < -0.3 is 25.6 Å². The number of halogens is 1. The zero-order valence-electron chi connectivity index (χ0n) is 23.5. The van der Waals surface area contributed by atoms with Crippen LogP contribution in [0.25, 0.3) is 10.8 Å². The van der Waals surface area contributed by atoms with E-state index < -0.39 is 21.9 Å². The number of carboxylic acids is 1. The van der Waals surface area contributed by atoms with Crippen LogP contribution in [0.5, 0.6) is 11.5 Å². The van der Waals surface area contributed by atoms with Crippen LogP contribution >= 0.6 is 23.4 Å². The molecule has 0 aliphatic heterocycles. The molecular weight excluding hydrogens is 630 g/mol. The van der Waals surface area contributed by atoms with Crippen molar-refractivity contribution in [3.05, 3.63) is 82.9 Å². The standard InChI is InChI=1S/C30H28ClN3O8S2/c1-17-10-11-19(44(40,41)34-23-8-4-3-7-22(23)31)14-25(17)33-30(39)21-15-26(42-12-13-43-16-27(36)37)28-20(29(21)38)6-5-9-24(28)32-18(2)35/h3-11,14-15,34,38H,12-13,16H2,1-2H3,(H,32,35)(H,33,39)(H,36,37). The summed E-state index contributed by atoms with van der Waals surface area (Å²) in [5.41, 5.74) is 1.08. The van der Waals surface area contributed by atoms with E-state index in [4.69, 9.17) is 21.4 Å². The molecule has 0 aliphatic rings. The summed E-state index contributed by atoms with van der Waals surface area (Å²) >= 11 is 7.25. The van der Waals surface area contributed by atoms with Crippen LogP contribution in [0.4, 0.5) is 17.1 Å². The number of phenols is 1. The van der Waals surface area contributed by atoms with Gasteiger partial charge in [0.1, 0.15) is 11.5 Å². The molecule has 2 amide bonds. The molecule has 4 rings (SSSR count). The Morgan fingerprint density at radius 3 is 2.39 bits per heavy atom. The SMILES string of the molecule is CC(=O)Nc1cccc2c(O)c(C(=O)Nc3cc(S(=O)(=O)Nc4ccccc4Cl)ccc3C)cc(OCCSCC(=O)O)c12. The lowest BCUT2D eigenvalue weighted by Crippen LogP contribution is -2.16. The molecule has 11 nitrogen and oxygen atoms in total. The molecule has 230 valence electrons. The van der Waals surface area contributed by atoms with E-state index in [0.29, 0.717) is 22.4 Å². The fourth-order valence-electron chi connectivity index (χ4n) is 4.22. The summed E-state index contributed by atoms with van der Waals surface area (Å²) in [6.45, 7) is 3.08. The molecule has 0 bridgehead atoms. The maximum Gasteiger partial charge on any atom is 0.313 e. The number of carbonyl (C=O) groups is 3. The summed E-state index contributed by atoms with van der Waals surface area (Å²) in [6, 6.07) is 16.6. The van der Waals surface area contributed by atoms with Gasteiger partial charge in [0.15, 0.2) is 0 Å². The van der Waals surface area contributed by atoms with Crippen molar-refractivity contribution in [2.24, 2.45) is 0 Å². The van der Waals surface area contributed by atoms with Crippen LogP contribution in [-0.2, 0) is 19.6 Å². The van der Waals surface area contributed by atoms with Gasteiger partial charge >= 0.3 is 5.97 Å². The van der Waals surface area contributed by atoms with Gasteiger partial charge in [-0.1, -0.05) is 41.9 Å². The number of aromatic hydroxyl groups is 1. The lowest BCUT2D eigenvalue weighted by atomic mass is 10.0. The largest absolute Gasteiger partial charge is 0.506 e. The zero-order chi connectivity index (χ0) is 32.0. The first-order chi connectivity index (χ1) is 20.9. The molecule has 0 fully saturated rings. The molecule has 0 unspecified atom stereocenters. The van der Waals surface area contributed by atoms with Crippen LogP contribution in [0.2, 0.25) is 5.02 Å². The molecule has 0 aliphatic carbocycles. The number of benzene rings is 4. The number of para-hydroxylation sites is 1. The number of hydrogen-bond acceptors (Lipinski definition) is 8. The van der Waals surface area contributed by atoms with Crippen molar-refractivity contribution >= 4 is 79.0 Å². The third-order valence-electron chi connectivity index (χ3n) is 6.25. The second-order valence-corrected chi connectivity index (χ2v) is 12.7. The number of aliphatic carboxylic acids is 1. The highest BCUT2D eigenvalue weighted by Crippen LogP contribution is 2.41. The molecule has 4 aromatic rings. The molecule has 4 aromatic carbocycles. The minimum Gasteiger partial charge on any atom is -0.506 e. The first kappa shape index (κ1) is 32.5.